The molecule has 0 radical (unpaired) electrons. The molecule has 0 bridgehead atoms. The molecule has 1 aliphatic heterocycles. The van der Waals surface area contributed by atoms with Crippen LogP contribution in [0.25, 0.3) is 0 Å². The molecule has 3 aromatic rings. The van der Waals surface area contributed by atoms with Crippen molar-refractivity contribution in [3.63, 3.8) is 0 Å². The molecule has 0 spiro atoms. The minimum Gasteiger partial charge on any atom is -0.351 e. The molecule has 2 aromatic heterocycles. The molecule has 6 nitrogen and oxygen atoms in total. The van der Waals surface area contributed by atoms with Crippen molar-refractivity contribution in [3.05, 3.63) is 81.3 Å². The summed E-state index contributed by atoms with van der Waals surface area (Å²) in [5.74, 6) is 0.660. The normalized spacial score (nSPS) is 15.7. The Morgan fingerprint density at radius 3 is 2.66 bits per heavy atom. The van der Waals surface area contributed by atoms with Gasteiger partial charge in [-0.3, -0.25) is 9.78 Å². The zero-order chi connectivity index (χ0) is 19.8. The zero-order valence-corrected chi connectivity index (χ0v) is 17.4. The zero-order valence-electron chi connectivity index (χ0n) is 15.8. The molecule has 1 aliphatic carbocycles. The molecule has 0 saturated heterocycles. The first-order valence-corrected chi connectivity index (χ1v) is 10.5. The van der Waals surface area contributed by atoms with Crippen LogP contribution >= 0.6 is 15.9 Å². The summed E-state index contributed by atoms with van der Waals surface area (Å²) in [7, 11) is 0. The number of halogens is 1. The van der Waals surface area contributed by atoms with Gasteiger partial charge in [0, 0.05) is 54.2 Å². The van der Waals surface area contributed by atoms with Gasteiger partial charge in [-0.25, -0.2) is 9.97 Å². The summed E-state index contributed by atoms with van der Waals surface area (Å²) >= 11 is 3.37. The molecule has 0 unspecified atom stereocenters. The van der Waals surface area contributed by atoms with Gasteiger partial charge in [0.1, 0.15) is 0 Å². The Hall–Kier alpha value is -2.80. The summed E-state index contributed by atoms with van der Waals surface area (Å²) in [4.78, 5) is 28.0. The minimum absolute atomic E-state index is 0.0182. The summed E-state index contributed by atoms with van der Waals surface area (Å²) < 4.78 is 0.800. The lowest BCUT2D eigenvalue weighted by Gasteiger charge is -2.28. The molecule has 1 amide bonds. The van der Waals surface area contributed by atoms with Crippen molar-refractivity contribution in [3.8, 4) is 0 Å². The Balaban J connectivity index is 1.27. The Morgan fingerprint density at radius 1 is 1.10 bits per heavy atom. The van der Waals surface area contributed by atoms with E-state index in [0.29, 0.717) is 30.6 Å². The molecular formula is C22H20BrN5O. The lowest BCUT2D eigenvalue weighted by Crippen LogP contribution is -2.36. The molecular weight excluding hydrogens is 430 g/mol. The Morgan fingerprint density at radius 2 is 1.90 bits per heavy atom. The Bertz CT molecular complexity index is 1060. The number of amides is 1. The van der Waals surface area contributed by atoms with E-state index in [1.165, 1.54) is 11.1 Å². The van der Waals surface area contributed by atoms with E-state index >= 15 is 0 Å². The van der Waals surface area contributed by atoms with Crippen LogP contribution in [0, 0.1) is 0 Å². The standard InChI is InChI=1S/C22H20BrN5O/c23-18-7-16(10-24-12-18)21(29)28-6-5-20-17(13-28)11-25-22(27-20)26-19-8-14-3-1-2-4-15(14)9-19/h1-4,7,10-12,19H,5-6,8-9,13H2,(H,25,26,27). The fourth-order valence-electron chi connectivity index (χ4n) is 4.11. The third-order valence-electron chi connectivity index (χ3n) is 5.56. The predicted octanol–water partition coefficient (Wildman–Crippen LogP) is 3.41. The average molecular weight is 450 g/mol. The van der Waals surface area contributed by atoms with E-state index in [0.717, 1.165) is 35.0 Å². The van der Waals surface area contributed by atoms with Crippen LogP contribution in [0.1, 0.15) is 32.7 Å². The van der Waals surface area contributed by atoms with Gasteiger partial charge in [-0.15, -0.1) is 0 Å². The van der Waals surface area contributed by atoms with E-state index in [1.54, 1.807) is 18.5 Å². The second-order valence-electron chi connectivity index (χ2n) is 7.55. The predicted molar refractivity (Wildman–Crippen MR) is 114 cm³/mol. The van der Waals surface area contributed by atoms with Gasteiger partial charge in [0.15, 0.2) is 0 Å². The van der Waals surface area contributed by atoms with E-state index in [1.807, 2.05) is 11.1 Å². The number of nitrogens with one attached hydrogen (secondary N) is 1. The number of fused-ring (bicyclic) bond motifs is 2. The van der Waals surface area contributed by atoms with Crippen LogP contribution in [-0.4, -0.2) is 38.3 Å². The number of rotatable bonds is 3. The van der Waals surface area contributed by atoms with Gasteiger partial charge in [-0.2, -0.15) is 0 Å². The highest BCUT2D eigenvalue weighted by Gasteiger charge is 2.25. The number of pyridine rings is 1. The van der Waals surface area contributed by atoms with Gasteiger partial charge in [-0.1, -0.05) is 24.3 Å². The second-order valence-corrected chi connectivity index (χ2v) is 8.47. The number of anilines is 1. The van der Waals surface area contributed by atoms with Crippen molar-refractivity contribution in [1.29, 1.82) is 0 Å². The first-order valence-electron chi connectivity index (χ1n) is 9.73. The van der Waals surface area contributed by atoms with Crippen molar-refractivity contribution in [1.82, 2.24) is 19.9 Å². The molecule has 5 rings (SSSR count). The van der Waals surface area contributed by atoms with Crippen LogP contribution in [0.15, 0.2) is 53.4 Å². The highest BCUT2D eigenvalue weighted by atomic mass is 79.9. The SMILES string of the molecule is O=C(c1cncc(Br)c1)N1CCc2nc(NC3Cc4ccccc4C3)ncc2C1. The van der Waals surface area contributed by atoms with E-state index in [4.69, 9.17) is 4.98 Å². The molecule has 146 valence electrons. The maximum atomic E-state index is 12.8. The van der Waals surface area contributed by atoms with E-state index in [2.05, 4.69) is 55.5 Å². The van der Waals surface area contributed by atoms with Crippen LogP contribution < -0.4 is 5.32 Å². The van der Waals surface area contributed by atoms with Crippen LogP contribution in [0.3, 0.4) is 0 Å². The first kappa shape index (κ1) is 18.2. The average Bonchev–Trinajstić information content (AvgIpc) is 3.15. The number of hydrogen-bond acceptors (Lipinski definition) is 5. The fourth-order valence-corrected chi connectivity index (χ4v) is 4.48. The minimum atomic E-state index is -0.0182. The second kappa shape index (κ2) is 7.55. The Kier molecular flexibility index (Phi) is 4.75. The van der Waals surface area contributed by atoms with Crippen LogP contribution in [0.4, 0.5) is 5.95 Å². The molecule has 0 atom stereocenters. The van der Waals surface area contributed by atoms with Gasteiger partial charge >= 0.3 is 0 Å². The van der Waals surface area contributed by atoms with E-state index < -0.39 is 0 Å². The monoisotopic (exact) mass is 449 g/mol. The van der Waals surface area contributed by atoms with E-state index in [-0.39, 0.29) is 5.91 Å². The van der Waals surface area contributed by atoms with Gasteiger partial charge in [0.05, 0.1) is 11.3 Å². The molecule has 1 aromatic carbocycles. The number of carbonyl (C=O) groups is 1. The van der Waals surface area contributed by atoms with Crippen molar-refractivity contribution >= 4 is 27.8 Å². The van der Waals surface area contributed by atoms with E-state index in [9.17, 15) is 4.79 Å². The summed E-state index contributed by atoms with van der Waals surface area (Å²) in [6.07, 6.45) is 7.86. The number of carbonyl (C=O) groups excluding carboxylic acids is 1. The van der Waals surface area contributed by atoms with Crippen LogP contribution in [0.5, 0.6) is 0 Å². The Labute approximate surface area is 177 Å². The van der Waals surface area contributed by atoms with Crippen molar-refractivity contribution in [2.45, 2.75) is 31.8 Å². The molecule has 29 heavy (non-hydrogen) atoms. The molecule has 3 heterocycles. The summed E-state index contributed by atoms with van der Waals surface area (Å²) in [5.41, 5.74) is 5.42. The maximum Gasteiger partial charge on any atom is 0.255 e. The van der Waals surface area contributed by atoms with Crippen LogP contribution in [0.2, 0.25) is 0 Å². The number of nitrogens with zero attached hydrogens (tertiary/aromatic N) is 4. The van der Waals surface area contributed by atoms with Gasteiger partial charge in [0.25, 0.3) is 5.91 Å². The highest BCUT2D eigenvalue weighted by molar-refractivity contribution is 9.10. The van der Waals surface area contributed by atoms with Gasteiger partial charge in [-0.05, 0) is 46.0 Å². The van der Waals surface area contributed by atoms with Crippen molar-refractivity contribution in [2.24, 2.45) is 0 Å². The quantitative estimate of drug-likeness (QED) is 0.663. The third kappa shape index (κ3) is 3.74. The summed E-state index contributed by atoms with van der Waals surface area (Å²) in [5, 5.41) is 3.49. The molecule has 0 fully saturated rings. The molecule has 2 aliphatic rings. The third-order valence-corrected chi connectivity index (χ3v) is 5.99. The van der Waals surface area contributed by atoms with Gasteiger partial charge < -0.3 is 10.2 Å². The lowest BCUT2D eigenvalue weighted by atomic mass is 10.1. The largest absolute Gasteiger partial charge is 0.351 e. The van der Waals surface area contributed by atoms with Crippen molar-refractivity contribution in [2.75, 3.05) is 11.9 Å². The number of hydrogen-bond donors (Lipinski definition) is 1. The molecule has 1 N–H and O–H groups in total. The molecule has 0 saturated carbocycles. The van der Waals surface area contributed by atoms with Crippen LogP contribution in [-0.2, 0) is 25.8 Å². The van der Waals surface area contributed by atoms with Gasteiger partial charge in [0.2, 0.25) is 5.95 Å². The highest BCUT2D eigenvalue weighted by Crippen LogP contribution is 2.25. The summed E-state index contributed by atoms with van der Waals surface area (Å²) in [6.45, 7) is 1.17. The maximum absolute atomic E-state index is 12.8. The topological polar surface area (TPSA) is 71.0 Å². The molecule has 7 heteroatoms. The smallest absolute Gasteiger partial charge is 0.255 e. The lowest BCUT2D eigenvalue weighted by molar-refractivity contribution is 0.0733. The van der Waals surface area contributed by atoms with Crippen molar-refractivity contribution < 1.29 is 4.79 Å². The summed E-state index contributed by atoms with van der Waals surface area (Å²) in [6, 6.07) is 10.7. The number of aromatic nitrogens is 3. The fraction of sp³-hybridized carbons (Fsp3) is 0.273. The first-order chi connectivity index (χ1) is 14.2. The number of benzene rings is 1.